The van der Waals surface area contributed by atoms with Gasteiger partial charge in [0.15, 0.2) is 0 Å². The number of aromatic nitrogens is 2. The van der Waals surface area contributed by atoms with E-state index in [0.717, 1.165) is 12.0 Å². The Bertz CT molecular complexity index is 895. The minimum Gasteiger partial charge on any atom is -0.399 e. The maximum absolute atomic E-state index is 6.11. The lowest BCUT2D eigenvalue weighted by Gasteiger charge is -2.32. The molecule has 128 valence electrons. The van der Waals surface area contributed by atoms with Crippen LogP contribution in [0, 0.1) is 0 Å². The molecule has 4 rings (SSSR count). The standard InChI is InChI=1S/C20H23BN2O2/c1-19(2)20(3,4)25-21(24-19)17-12-22-23(14-17)13-16-10-7-9-15-8-5-6-11-18(15)16/h5-12,14H,13H2,1-4H3. The molecule has 0 saturated carbocycles. The molecule has 4 nitrogen and oxygen atoms in total. The van der Waals surface area contributed by atoms with E-state index in [0.29, 0.717) is 0 Å². The highest BCUT2D eigenvalue weighted by Crippen LogP contribution is 2.36. The Hall–Kier alpha value is -2.11. The molecular weight excluding hydrogens is 311 g/mol. The molecule has 0 amide bonds. The fourth-order valence-electron chi connectivity index (χ4n) is 3.17. The van der Waals surface area contributed by atoms with Crippen LogP contribution in [0.25, 0.3) is 10.8 Å². The maximum atomic E-state index is 6.11. The van der Waals surface area contributed by atoms with Crippen molar-refractivity contribution in [3.8, 4) is 0 Å². The summed E-state index contributed by atoms with van der Waals surface area (Å²) in [6.07, 6.45) is 3.86. The summed E-state index contributed by atoms with van der Waals surface area (Å²) in [5.74, 6) is 0. The van der Waals surface area contributed by atoms with Gasteiger partial charge in [0.1, 0.15) is 0 Å². The van der Waals surface area contributed by atoms with E-state index in [9.17, 15) is 0 Å². The first kappa shape index (κ1) is 16.4. The van der Waals surface area contributed by atoms with E-state index < -0.39 is 0 Å². The number of nitrogens with zero attached hydrogens (tertiary/aromatic N) is 2. The van der Waals surface area contributed by atoms with Gasteiger partial charge in [0.2, 0.25) is 0 Å². The van der Waals surface area contributed by atoms with Gasteiger partial charge >= 0.3 is 7.12 Å². The average molecular weight is 334 g/mol. The summed E-state index contributed by atoms with van der Waals surface area (Å²) in [6, 6.07) is 14.8. The van der Waals surface area contributed by atoms with Gasteiger partial charge in [-0.25, -0.2) is 0 Å². The van der Waals surface area contributed by atoms with Gasteiger partial charge in [-0.2, -0.15) is 5.10 Å². The Balaban J connectivity index is 1.58. The van der Waals surface area contributed by atoms with Gasteiger partial charge in [-0.05, 0) is 44.0 Å². The van der Waals surface area contributed by atoms with Crippen LogP contribution >= 0.6 is 0 Å². The number of rotatable bonds is 3. The van der Waals surface area contributed by atoms with Crippen molar-refractivity contribution in [3.05, 3.63) is 60.4 Å². The monoisotopic (exact) mass is 334 g/mol. The van der Waals surface area contributed by atoms with Gasteiger partial charge in [-0.1, -0.05) is 42.5 Å². The Morgan fingerprint density at radius 2 is 1.64 bits per heavy atom. The number of benzene rings is 2. The summed E-state index contributed by atoms with van der Waals surface area (Å²) in [5.41, 5.74) is 1.53. The van der Waals surface area contributed by atoms with E-state index in [1.54, 1.807) is 0 Å². The van der Waals surface area contributed by atoms with Gasteiger partial charge in [-0.15, -0.1) is 0 Å². The van der Waals surface area contributed by atoms with Gasteiger partial charge in [0, 0.05) is 17.9 Å². The Morgan fingerprint density at radius 1 is 0.960 bits per heavy atom. The van der Waals surface area contributed by atoms with Gasteiger partial charge in [0.25, 0.3) is 0 Å². The van der Waals surface area contributed by atoms with Crippen LogP contribution in [-0.4, -0.2) is 28.1 Å². The molecule has 0 spiro atoms. The Morgan fingerprint density at radius 3 is 2.40 bits per heavy atom. The van der Waals surface area contributed by atoms with Crippen LogP contribution < -0.4 is 5.46 Å². The fourth-order valence-corrected chi connectivity index (χ4v) is 3.17. The van der Waals surface area contributed by atoms with Crippen LogP contribution in [0.1, 0.15) is 33.3 Å². The zero-order chi connectivity index (χ0) is 17.7. The minimum atomic E-state index is -0.369. The summed E-state index contributed by atoms with van der Waals surface area (Å²) in [6.45, 7) is 8.98. The van der Waals surface area contributed by atoms with Gasteiger partial charge < -0.3 is 9.31 Å². The van der Waals surface area contributed by atoms with Crippen molar-refractivity contribution in [2.45, 2.75) is 45.4 Å². The summed E-state index contributed by atoms with van der Waals surface area (Å²) in [4.78, 5) is 0. The summed E-state index contributed by atoms with van der Waals surface area (Å²) < 4.78 is 14.2. The van der Waals surface area contributed by atoms with Crippen LogP contribution in [0.15, 0.2) is 54.9 Å². The fraction of sp³-hybridized carbons (Fsp3) is 0.350. The van der Waals surface area contributed by atoms with E-state index in [4.69, 9.17) is 9.31 Å². The SMILES string of the molecule is CC1(C)OB(c2cnn(Cc3cccc4ccccc34)c2)OC1(C)C. The van der Waals surface area contributed by atoms with Crippen molar-refractivity contribution in [1.29, 1.82) is 0 Å². The predicted octanol–water partition coefficient (Wildman–Crippen LogP) is 3.38. The molecule has 1 aliphatic heterocycles. The first-order valence-corrected chi connectivity index (χ1v) is 8.70. The number of hydrogen-bond donors (Lipinski definition) is 0. The van der Waals surface area contributed by atoms with E-state index in [1.807, 2.05) is 17.1 Å². The highest BCUT2D eigenvalue weighted by molar-refractivity contribution is 6.62. The third kappa shape index (κ3) is 2.88. The van der Waals surface area contributed by atoms with Crippen LogP contribution in [-0.2, 0) is 15.9 Å². The second kappa shape index (κ2) is 5.72. The van der Waals surface area contributed by atoms with Gasteiger partial charge in [-0.3, -0.25) is 4.68 Å². The minimum absolute atomic E-state index is 0.338. The summed E-state index contributed by atoms with van der Waals surface area (Å²) >= 11 is 0. The molecule has 1 saturated heterocycles. The molecule has 0 atom stereocenters. The van der Waals surface area contributed by atoms with Crippen molar-refractivity contribution < 1.29 is 9.31 Å². The zero-order valence-corrected chi connectivity index (χ0v) is 15.2. The normalized spacial score (nSPS) is 18.8. The van der Waals surface area contributed by atoms with Gasteiger partial charge in [0.05, 0.1) is 17.7 Å². The molecule has 2 aromatic carbocycles. The molecule has 1 aliphatic rings. The van der Waals surface area contributed by atoms with E-state index in [-0.39, 0.29) is 18.3 Å². The van der Waals surface area contributed by atoms with Crippen molar-refractivity contribution in [1.82, 2.24) is 9.78 Å². The molecule has 5 heteroatoms. The molecule has 2 heterocycles. The van der Waals surface area contributed by atoms with Crippen LogP contribution in [0.4, 0.5) is 0 Å². The van der Waals surface area contributed by atoms with E-state index in [1.165, 1.54) is 16.3 Å². The molecule has 1 aromatic heterocycles. The molecule has 0 bridgehead atoms. The van der Waals surface area contributed by atoms with Crippen molar-refractivity contribution >= 4 is 23.4 Å². The first-order valence-electron chi connectivity index (χ1n) is 8.70. The molecule has 1 fully saturated rings. The summed E-state index contributed by atoms with van der Waals surface area (Å²) in [5, 5.41) is 7.03. The largest absolute Gasteiger partial charge is 0.498 e. The lowest BCUT2D eigenvalue weighted by atomic mass is 9.82. The third-order valence-electron chi connectivity index (χ3n) is 5.39. The molecule has 0 unspecified atom stereocenters. The molecular formula is C20H23BN2O2. The lowest BCUT2D eigenvalue weighted by Crippen LogP contribution is -2.41. The van der Waals surface area contributed by atoms with Crippen molar-refractivity contribution in [3.63, 3.8) is 0 Å². The second-order valence-electron chi connectivity index (χ2n) is 7.70. The van der Waals surface area contributed by atoms with Crippen LogP contribution in [0.2, 0.25) is 0 Å². The lowest BCUT2D eigenvalue weighted by molar-refractivity contribution is 0.00578. The molecule has 0 N–H and O–H groups in total. The smallest absolute Gasteiger partial charge is 0.399 e. The highest BCUT2D eigenvalue weighted by atomic mass is 16.7. The number of hydrogen-bond acceptors (Lipinski definition) is 3. The van der Waals surface area contributed by atoms with E-state index >= 15 is 0 Å². The van der Waals surface area contributed by atoms with E-state index in [2.05, 4.69) is 75.3 Å². The average Bonchev–Trinajstić information content (AvgIpc) is 3.10. The molecule has 0 aliphatic carbocycles. The molecule has 3 aromatic rings. The second-order valence-corrected chi connectivity index (χ2v) is 7.70. The maximum Gasteiger partial charge on any atom is 0.498 e. The topological polar surface area (TPSA) is 36.3 Å². The molecule has 0 radical (unpaired) electrons. The van der Waals surface area contributed by atoms with Crippen LogP contribution in [0.3, 0.4) is 0 Å². The number of fused-ring (bicyclic) bond motifs is 1. The Labute approximate surface area is 148 Å². The molecule has 25 heavy (non-hydrogen) atoms. The summed E-state index contributed by atoms with van der Waals surface area (Å²) in [7, 11) is -0.369. The third-order valence-corrected chi connectivity index (χ3v) is 5.39. The predicted molar refractivity (Wildman–Crippen MR) is 101 cm³/mol. The van der Waals surface area contributed by atoms with Crippen molar-refractivity contribution in [2.24, 2.45) is 0 Å². The first-order chi connectivity index (χ1) is 11.9. The zero-order valence-electron chi connectivity index (χ0n) is 15.2. The van der Waals surface area contributed by atoms with Crippen LogP contribution in [0.5, 0.6) is 0 Å². The quantitative estimate of drug-likeness (QED) is 0.689. The van der Waals surface area contributed by atoms with Crippen molar-refractivity contribution in [2.75, 3.05) is 0 Å². The highest BCUT2D eigenvalue weighted by Gasteiger charge is 2.52. The Kier molecular flexibility index (Phi) is 3.74.